The molecule has 0 spiro atoms. The Labute approximate surface area is 174 Å². The lowest BCUT2D eigenvalue weighted by Crippen LogP contribution is -2.54. The zero-order chi connectivity index (χ0) is 22.5. The molecule has 1 aromatic heterocycles. The van der Waals surface area contributed by atoms with Crippen LogP contribution in [0.5, 0.6) is 0 Å². The van der Waals surface area contributed by atoms with Crippen LogP contribution >= 0.6 is 0 Å². The van der Waals surface area contributed by atoms with Crippen LogP contribution in [0.2, 0.25) is 0 Å². The van der Waals surface area contributed by atoms with Crippen LogP contribution in [0.1, 0.15) is 34.8 Å². The van der Waals surface area contributed by atoms with Crippen LogP contribution < -0.4 is 16.2 Å². The molecule has 0 saturated heterocycles. The first-order valence-corrected chi connectivity index (χ1v) is 10.4. The molecule has 10 nitrogen and oxygen atoms in total. The minimum atomic E-state index is -3.71. The number of hydrogen-bond donors (Lipinski definition) is 3. The lowest BCUT2D eigenvalue weighted by molar-refractivity contribution is -0.124. The number of nitrogens with zero attached hydrogens (tertiary/aromatic N) is 1. The molecule has 1 aromatic carbocycles. The predicted octanol–water partition coefficient (Wildman–Crippen LogP) is 0.746. The third-order valence-corrected chi connectivity index (χ3v) is 5.97. The number of sulfonamides is 1. The van der Waals surface area contributed by atoms with Gasteiger partial charge in [-0.3, -0.25) is 25.2 Å². The molecule has 0 bridgehead atoms. The zero-order valence-corrected chi connectivity index (χ0v) is 17.8. The molecule has 0 saturated carbocycles. The lowest BCUT2D eigenvalue weighted by Gasteiger charge is -2.21. The molecule has 11 heteroatoms. The van der Waals surface area contributed by atoms with Crippen LogP contribution in [-0.4, -0.2) is 50.6 Å². The number of carbonyl (C=O) groups is 3. The van der Waals surface area contributed by atoms with Crippen LogP contribution in [-0.2, 0) is 14.8 Å². The molecule has 0 fully saturated rings. The molecule has 1 atom stereocenters. The molecular weight excluding hydrogens is 412 g/mol. The zero-order valence-electron chi connectivity index (χ0n) is 17.0. The minimum Gasteiger partial charge on any atom is -0.459 e. The van der Waals surface area contributed by atoms with Crippen molar-refractivity contribution in [3.05, 3.63) is 54.0 Å². The van der Waals surface area contributed by atoms with E-state index in [9.17, 15) is 22.8 Å². The van der Waals surface area contributed by atoms with Crippen molar-refractivity contribution in [1.29, 1.82) is 0 Å². The summed E-state index contributed by atoms with van der Waals surface area (Å²) >= 11 is 0. The number of carbonyl (C=O) groups excluding carboxylic acids is 3. The van der Waals surface area contributed by atoms with Crippen molar-refractivity contribution in [2.24, 2.45) is 5.92 Å². The largest absolute Gasteiger partial charge is 0.459 e. The number of benzene rings is 1. The summed E-state index contributed by atoms with van der Waals surface area (Å²) in [5, 5.41) is 2.54. The molecule has 0 aliphatic carbocycles. The van der Waals surface area contributed by atoms with Gasteiger partial charge in [-0.25, -0.2) is 12.7 Å². The maximum absolute atomic E-state index is 12.5. The molecule has 0 aliphatic heterocycles. The molecule has 2 rings (SSSR count). The Bertz CT molecular complexity index is 1020. The van der Waals surface area contributed by atoms with Gasteiger partial charge in [-0.1, -0.05) is 19.9 Å². The van der Waals surface area contributed by atoms with Gasteiger partial charge in [0, 0.05) is 19.7 Å². The summed E-state index contributed by atoms with van der Waals surface area (Å²) in [6.45, 7) is 3.45. The number of nitrogens with one attached hydrogen (secondary N) is 3. The quantitative estimate of drug-likeness (QED) is 0.548. The van der Waals surface area contributed by atoms with Gasteiger partial charge in [0.2, 0.25) is 10.0 Å². The van der Waals surface area contributed by atoms with E-state index in [0.29, 0.717) is 0 Å². The van der Waals surface area contributed by atoms with E-state index in [2.05, 4.69) is 16.2 Å². The van der Waals surface area contributed by atoms with E-state index < -0.39 is 33.8 Å². The highest BCUT2D eigenvalue weighted by Gasteiger charge is 2.26. The number of furan rings is 1. The van der Waals surface area contributed by atoms with Gasteiger partial charge in [-0.2, -0.15) is 0 Å². The average Bonchev–Trinajstić information content (AvgIpc) is 3.24. The Morgan fingerprint density at radius 3 is 2.27 bits per heavy atom. The van der Waals surface area contributed by atoms with E-state index in [0.717, 1.165) is 4.31 Å². The molecule has 0 radical (unpaired) electrons. The molecule has 162 valence electrons. The van der Waals surface area contributed by atoms with E-state index in [1.54, 1.807) is 19.9 Å². The van der Waals surface area contributed by atoms with Gasteiger partial charge in [0.1, 0.15) is 6.04 Å². The van der Waals surface area contributed by atoms with Gasteiger partial charge in [0.25, 0.3) is 17.7 Å². The van der Waals surface area contributed by atoms with Gasteiger partial charge in [0.15, 0.2) is 5.76 Å². The van der Waals surface area contributed by atoms with Crippen LogP contribution in [0.3, 0.4) is 0 Å². The first-order valence-electron chi connectivity index (χ1n) is 9.01. The summed E-state index contributed by atoms with van der Waals surface area (Å²) in [5.74, 6) is -2.15. The Hall–Kier alpha value is -3.18. The highest BCUT2D eigenvalue weighted by Crippen LogP contribution is 2.14. The Kier molecular flexibility index (Phi) is 7.35. The standard InChI is InChI=1S/C19H24N4O6S/c1-12(2)16(20-18(25)15-9-6-10-29-15)19(26)22-21-17(24)13-7-5-8-14(11-13)30(27,28)23(3)4/h5-12,16H,1-4H3,(H,20,25)(H,21,24)(H,22,26)/t16-/m0/s1. The molecule has 0 aliphatic rings. The van der Waals surface area contributed by atoms with Crippen molar-refractivity contribution >= 4 is 27.7 Å². The fraction of sp³-hybridized carbons (Fsp3) is 0.316. The normalized spacial score (nSPS) is 12.5. The van der Waals surface area contributed by atoms with Gasteiger partial charge >= 0.3 is 0 Å². The van der Waals surface area contributed by atoms with Crippen molar-refractivity contribution in [2.75, 3.05) is 14.1 Å². The number of hydrazine groups is 1. The number of amides is 3. The van der Waals surface area contributed by atoms with E-state index in [4.69, 9.17) is 4.42 Å². The fourth-order valence-corrected chi connectivity index (χ4v) is 3.38. The molecule has 0 unspecified atom stereocenters. The van der Waals surface area contributed by atoms with Gasteiger partial charge in [-0.15, -0.1) is 0 Å². The van der Waals surface area contributed by atoms with Crippen molar-refractivity contribution in [3.8, 4) is 0 Å². The highest BCUT2D eigenvalue weighted by molar-refractivity contribution is 7.89. The first-order chi connectivity index (χ1) is 14.0. The summed E-state index contributed by atoms with van der Waals surface area (Å²) in [7, 11) is -0.954. The molecule has 3 N–H and O–H groups in total. The van der Waals surface area contributed by atoms with E-state index in [1.165, 1.54) is 50.7 Å². The molecule has 2 aromatic rings. The van der Waals surface area contributed by atoms with Gasteiger partial charge < -0.3 is 9.73 Å². The monoisotopic (exact) mass is 436 g/mol. The van der Waals surface area contributed by atoms with Gasteiger partial charge in [-0.05, 0) is 36.2 Å². The van der Waals surface area contributed by atoms with E-state index >= 15 is 0 Å². The van der Waals surface area contributed by atoms with Crippen LogP contribution in [0.15, 0.2) is 52.0 Å². The first kappa shape index (κ1) is 23.1. The maximum Gasteiger partial charge on any atom is 0.287 e. The molecule has 1 heterocycles. The van der Waals surface area contributed by atoms with Crippen molar-refractivity contribution in [2.45, 2.75) is 24.8 Å². The van der Waals surface area contributed by atoms with E-state index in [-0.39, 0.29) is 22.1 Å². The van der Waals surface area contributed by atoms with Crippen LogP contribution in [0, 0.1) is 5.92 Å². The maximum atomic E-state index is 12.5. The Morgan fingerprint density at radius 2 is 1.70 bits per heavy atom. The lowest BCUT2D eigenvalue weighted by atomic mass is 10.0. The molecular formula is C19H24N4O6S. The predicted molar refractivity (Wildman–Crippen MR) is 108 cm³/mol. The van der Waals surface area contributed by atoms with Crippen LogP contribution in [0.25, 0.3) is 0 Å². The summed E-state index contributed by atoms with van der Waals surface area (Å²) in [4.78, 5) is 36.9. The minimum absolute atomic E-state index is 0.0407. The van der Waals surface area contributed by atoms with E-state index in [1.807, 2.05) is 0 Å². The summed E-state index contributed by atoms with van der Waals surface area (Å²) in [6, 6.07) is 7.47. The Balaban J connectivity index is 2.05. The second-order valence-electron chi connectivity index (χ2n) is 6.93. The molecule has 3 amide bonds. The summed E-state index contributed by atoms with van der Waals surface area (Å²) < 4.78 is 30.5. The number of hydrogen-bond acceptors (Lipinski definition) is 6. The summed E-state index contributed by atoms with van der Waals surface area (Å²) in [6.07, 6.45) is 1.34. The third-order valence-electron chi connectivity index (χ3n) is 4.15. The Morgan fingerprint density at radius 1 is 1.00 bits per heavy atom. The third kappa shape index (κ3) is 5.45. The van der Waals surface area contributed by atoms with Crippen molar-refractivity contribution < 1.29 is 27.2 Å². The highest BCUT2D eigenvalue weighted by atomic mass is 32.2. The van der Waals surface area contributed by atoms with Crippen molar-refractivity contribution in [3.63, 3.8) is 0 Å². The smallest absolute Gasteiger partial charge is 0.287 e. The fourth-order valence-electron chi connectivity index (χ4n) is 2.43. The number of rotatable bonds is 7. The second kappa shape index (κ2) is 9.55. The topological polar surface area (TPSA) is 138 Å². The SMILES string of the molecule is CC(C)[C@H](NC(=O)c1ccco1)C(=O)NNC(=O)c1cccc(S(=O)(=O)N(C)C)c1. The van der Waals surface area contributed by atoms with Crippen molar-refractivity contribution in [1.82, 2.24) is 20.5 Å². The summed E-state index contributed by atoms with van der Waals surface area (Å²) in [5.41, 5.74) is 4.52. The molecule has 30 heavy (non-hydrogen) atoms. The second-order valence-corrected chi connectivity index (χ2v) is 9.08. The average molecular weight is 436 g/mol. The van der Waals surface area contributed by atoms with Crippen LogP contribution in [0.4, 0.5) is 0 Å². The van der Waals surface area contributed by atoms with Gasteiger partial charge in [0.05, 0.1) is 11.2 Å².